The van der Waals surface area contributed by atoms with Gasteiger partial charge in [0, 0.05) is 18.1 Å². The van der Waals surface area contributed by atoms with Crippen molar-refractivity contribution in [1.82, 2.24) is 4.31 Å². The zero-order valence-corrected chi connectivity index (χ0v) is 18.3. The Bertz CT molecular complexity index is 1040. The zero-order valence-electron chi connectivity index (χ0n) is 16.0. The lowest BCUT2D eigenvalue weighted by atomic mass is 9.94. The minimum absolute atomic E-state index is 0.123. The molecular weight excluding hydrogens is 438 g/mol. The average molecular weight is 459 g/mol. The molecule has 1 saturated heterocycles. The summed E-state index contributed by atoms with van der Waals surface area (Å²) in [7, 11) is -3.85. The summed E-state index contributed by atoms with van der Waals surface area (Å²) in [6.07, 6.45) is 0.948. The van der Waals surface area contributed by atoms with Crippen molar-refractivity contribution in [2.24, 2.45) is 11.8 Å². The Hall–Kier alpha value is -1.67. The third-order valence-corrected chi connectivity index (χ3v) is 7.22. The van der Waals surface area contributed by atoms with E-state index < -0.39 is 21.7 Å². The first-order valence-electron chi connectivity index (χ1n) is 9.14. The van der Waals surface area contributed by atoms with Gasteiger partial charge in [-0.05, 0) is 54.7 Å². The largest absolute Gasteiger partial charge is 0.320 e. The van der Waals surface area contributed by atoms with Crippen LogP contribution in [-0.4, -0.2) is 31.7 Å². The molecule has 1 heterocycles. The summed E-state index contributed by atoms with van der Waals surface area (Å²) in [5.74, 6) is -1.20. The van der Waals surface area contributed by atoms with Gasteiger partial charge in [0.2, 0.25) is 10.0 Å². The molecule has 2 aromatic rings. The summed E-state index contributed by atoms with van der Waals surface area (Å²) in [6, 6.07) is 7.69. The Morgan fingerprint density at radius 2 is 1.76 bits per heavy atom. The van der Waals surface area contributed by atoms with Gasteiger partial charge in [-0.25, -0.2) is 12.8 Å². The topological polar surface area (TPSA) is 66.5 Å². The molecule has 1 amide bonds. The van der Waals surface area contributed by atoms with Crippen molar-refractivity contribution in [2.75, 3.05) is 18.4 Å². The quantitative estimate of drug-likeness (QED) is 0.696. The van der Waals surface area contributed by atoms with Gasteiger partial charge in [0.05, 0.1) is 21.2 Å². The van der Waals surface area contributed by atoms with Crippen LogP contribution in [0, 0.1) is 17.7 Å². The van der Waals surface area contributed by atoms with E-state index in [1.165, 1.54) is 22.5 Å². The molecule has 1 aliphatic heterocycles. The molecule has 1 aliphatic rings. The third-order valence-electron chi connectivity index (χ3n) is 4.83. The lowest BCUT2D eigenvalue weighted by Crippen LogP contribution is -2.42. The van der Waals surface area contributed by atoms with E-state index in [0.717, 1.165) is 18.6 Å². The van der Waals surface area contributed by atoms with Crippen LogP contribution in [0.1, 0.15) is 30.6 Å². The first-order valence-corrected chi connectivity index (χ1v) is 11.3. The Kier molecular flexibility index (Phi) is 6.53. The number of piperidine rings is 1. The predicted octanol–water partition coefficient (Wildman–Crippen LogP) is 5.05. The van der Waals surface area contributed by atoms with Gasteiger partial charge in [0.15, 0.2) is 0 Å². The van der Waals surface area contributed by atoms with Crippen molar-refractivity contribution in [3.05, 3.63) is 57.8 Å². The SMILES string of the molecule is C[C@@H]1C[C@H](C)CN(S(=O)(=O)c2ccc(F)c(C(=O)Nc3cc(Cl)ccc3Cl)c2)C1. The number of sulfonamides is 1. The molecule has 0 spiro atoms. The zero-order chi connectivity index (χ0) is 21.3. The summed E-state index contributed by atoms with van der Waals surface area (Å²) in [5.41, 5.74) is -0.185. The molecule has 0 aromatic heterocycles. The highest BCUT2D eigenvalue weighted by molar-refractivity contribution is 7.89. The number of benzene rings is 2. The number of nitrogens with zero attached hydrogens (tertiary/aromatic N) is 1. The molecular formula is C20H21Cl2FN2O3S. The Labute approximate surface area is 179 Å². The molecule has 9 heteroatoms. The molecule has 29 heavy (non-hydrogen) atoms. The highest BCUT2D eigenvalue weighted by atomic mass is 35.5. The maximum absolute atomic E-state index is 14.3. The molecule has 0 bridgehead atoms. The van der Waals surface area contributed by atoms with Crippen LogP contribution in [0.5, 0.6) is 0 Å². The van der Waals surface area contributed by atoms with Crippen LogP contribution in [0.15, 0.2) is 41.3 Å². The number of rotatable bonds is 4. The van der Waals surface area contributed by atoms with E-state index in [1.807, 2.05) is 13.8 Å². The Morgan fingerprint density at radius 3 is 2.41 bits per heavy atom. The number of anilines is 1. The van der Waals surface area contributed by atoms with Crippen molar-refractivity contribution < 1.29 is 17.6 Å². The summed E-state index contributed by atoms with van der Waals surface area (Å²) in [5, 5.41) is 3.04. The first-order chi connectivity index (χ1) is 13.6. The van der Waals surface area contributed by atoms with Crippen molar-refractivity contribution >= 4 is 44.8 Å². The minimum atomic E-state index is -3.85. The monoisotopic (exact) mass is 458 g/mol. The van der Waals surface area contributed by atoms with Crippen LogP contribution < -0.4 is 5.32 Å². The number of hydrogen-bond donors (Lipinski definition) is 1. The number of carbonyl (C=O) groups is 1. The van der Waals surface area contributed by atoms with E-state index in [-0.39, 0.29) is 33.0 Å². The lowest BCUT2D eigenvalue weighted by molar-refractivity contribution is 0.102. The lowest BCUT2D eigenvalue weighted by Gasteiger charge is -2.34. The molecule has 0 unspecified atom stereocenters. The smallest absolute Gasteiger partial charge is 0.258 e. The Morgan fingerprint density at radius 1 is 1.10 bits per heavy atom. The molecule has 0 radical (unpaired) electrons. The van der Waals surface area contributed by atoms with Gasteiger partial charge in [0.25, 0.3) is 5.91 Å². The summed E-state index contributed by atoms with van der Waals surface area (Å²) < 4.78 is 41.8. The predicted molar refractivity (Wildman–Crippen MR) is 113 cm³/mol. The molecule has 3 rings (SSSR count). The fourth-order valence-electron chi connectivity index (χ4n) is 3.57. The number of hydrogen-bond acceptors (Lipinski definition) is 3. The molecule has 1 N–H and O–H groups in total. The van der Waals surface area contributed by atoms with Crippen LogP contribution in [-0.2, 0) is 10.0 Å². The van der Waals surface area contributed by atoms with Crippen LogP contribution in [0.3, 0.4) is 0 Å². The second kappa shape index (κ2) is 8.60. The standard InChI is InChI=1S/C20H21Cl2FN2O3S/c1-12-7-13(2)11-25(10-12)29(27,28)15-4-6-18(23)16(9-15)20(26)24-19-8-14(21)3-5-17(19)22/h3-6,8-9,12-13H,7,10-11H2,1-2H3,(H,24,26)/t12-,13+. The third kappa shape index (κ3) is 4.91. The fraction of sp³-hybridized carbons (Fsp3) is 0.350. The second-order valence-electron chi connectivity index (χ2n) is 7.49. The molecule has 5 nitrogen and oxygen atoms in total. The average Bonchev–Trinajstić information content (AvgIpc) is 2.64. The highest BCUT2D eigenvalue weighted by Crippen LogP contribution is 2.29. The molecule has 156 valence electrons. The van der Waals surface area contributed by atoms with Crippen LogP contribution in [0.4, 0.5) is 10.1 Å². The van der Waals surface area contributed by atoms with E-state index >= 15 is 0 Å². The highest BCUT2D eigenvalue weighted by Gasteiger charge is 2.32. The van der Waals surface area contributed by atoms with Crippen molar-refractivity contribution in [3.63, 3.8) is 0 Å². The second-order valence-corrected chi connectivity index (χ2v) is 10.3. The van der Waals surface area contributed by atoms with E-state index in [1.54, 1.807) is 6.07 Å². The molecule has 1 fully saturated rings. The fourth-order valence-corrected chi connectivity index (χ4v) is 5.62. The summed E-state index contributed by atoms with van der Waals surface area (Å²) >= 11 is 11.9. The normalized spacial score (nSPS) is 20.4. The number of halogens is 3. The molecule has 2 atom stereocenters. The van der Waals surface area contributed by atoms with E-state index in [9.17, 15) is 17.6 Å². The molecule has 0 saturated carbocycles. The maximum atomic E-state index is 14.3. The molecule has 0 aliphatic carbocycles. The van der Waals surface area contributed by atoms with Gasteiger partial charge in [0.1, 0.15) is 5.82 Å². The van der Waals surface area contributed by atoms with Gasteiger partial charge in [-0.3, -0.25) is 4.79 Å². The number of carbonyl (C=O) groups excluding carboxylic acids is 1. The van der Waals surface area contributed by atoms with Crippen LogP contribution in [0.2, 0.25) is 10.0 Å². The van der Waals surface area contributed by atoms with Gasteiger partial charge >= 0.3 is 0 Å². The van der Waals surface area contributed by atoms with E-state index in [0.29, 0.717) is 18.1 Å². The Balaban J connectivity index is 1.91. The number of amides is 1. The van der Waals surface area contributed by atoms with Crippen molar-refractivity contribution in [1.29, 1.82) is 0 Å². The van der Waals surface area contributed by atoms with Gasteiger partial charge in [-0.1, -0.05) is 37.0 Å². The van der Waals surface area contributed by atoms with Crippen LogP contribution in [0.25, 0.3) is 0 Å². The van der Waals surface area contributed by atoms with E-state index in [2.05, 4.69) is 5.32 Å². The summed E-state index contributed by atoms with van der Waals surface area (Å²) in [4.78, 5) is 12.5. The van der Waals surface area contributed by atoms with Crippen LogP contribution >= 0.6 is 23.2 Å². The summed E-state index contributed by atoms with van der Waals surface area (Å²) in [6.45, 7) is 4.78. The van der Waals surface area contributed by atoms with Crippen molar-refractivity contribution in [3.8, 4) is 0 Å². The van der Waals surface area contributed by atoms with Gasteiger partial charge < -0.3 is 5.32 Å². The van der Waals surface area contributed by atoms with Crippen molar-refractivity contribution in [2.45, 2.75) is 25.2 Å². The van der Waals surface area contributed by atoms with Gasteiger partial charge in [-0.15, -0.1) is 0 Å². The number of nitrogens with one attached hydrogen (secondary N) is 1. The van der Waals surface area contributed by atoms with E-state index in [4.69, 9.17) is 23.2 Å². The maximum Gasteiger partial charge on any atom is 0.258 e. The first kappa shape index (κ1) is 22.0. The minimum Gasteiger partial charge on any atom is -0.320 e. The van der Waals surface area contributed by atoms with Gasteiger partial charge in [-0.2, -0.15) is 4.31 Å². The molecule has 2 aromatic carbocycles.